The molecule has 0 bridgehead atoms. The molecule has 2 atom stereocenters. The van der Waals surface area contributed by atoms with Crippen LogP contribution in [0.4, 0.5) is 5.69 Å². The molecule has 0 saturated carbocycles. The lowest BCUT2D eigenvalue weighted by Gasteiger charge is -2.28. The third kappa shape index (κ3) is 2.43. The van der Waals surface area contributed by atoms with E-state index in [1.54, 1.807) is 0 Å². The van der Waals surface area contributed by atoms with Gasteiger partial charge >= 0.3 is 0 Å². The molecule has 0 radical (unpaired) electrons. The number of benzene rings is 1. The summed E-state index contributed by atoms with van der Waals surface area (Å²) in [5.74, 6) is -0.0275. The molecule has 2 rings (SSSR count). The summed E-state index contributed by atoms with van der Waals surface area (Å²) in [5, 5.41) is 9.51. The molecule has 1 saturated heterocycles. The molecule has 1 aromatic carbocycles. The maximum Gasteiger partial charge on any atom is 0.181 e. The normalized spacial score (nSPS) is 26.9. The predicted octanol–water partition coefficient (Wildman–Crippen LogP) is 1.29. The first kappa shape index (κ1) is 13.1. The second kappa shape index (κ2) is 5.14. The van der Waals surface area contributed by atoms with Gasteiger partial charge < -0.3 is 5.32 Å². The van der Waals surface area contributed by atoms with Gasteiger partial charge in [-0.25, -0.2) is 0 Å². The summed E-state index contributed by atoms with van der Waals surface area (Å²) in [5.41, 5.74) is -0.0591. The van der Waals surface area contributed by atoms with Crippen molar-refractivity contribution in [3.8, 4) is 0 Å². The fraction of sp³-hybridized carbons (Fsp3) is 0.385. The predicted molar refractivity (Wildman–Crippen MR) is 76.7 cm³/mol. The first-order chi connectivity index (χ1) is 8.54. The van der Waals surface area contributed by atoms with Crippen molar-refractivity contribution in [2.75, 3.05) is 11.9 Å². The van der Waals surface area contributed by atoms with Gasteiger partial charge in [0.1, 0.15) is 4.99 Å². The van der Waals surface area contributed by atoms with Gasteiger partial charge in [0.2, 0.25) is 0 Å². The molecule has 1 fully saturated rings. The number of hydrogen-bond donors (Lipinski definition) is 3. The van der Waals surface area contributed by atoms with Gasteiger partial charge in [0.15, 0.2) is 11.4 Å². The van der Waals surface area contributed by atoms with Crippen molar-refractivity contribution in [1.82, 2.24) is 10.6 Å². The fourth-order valence-corrected chi connectivity index (χ4v) is 2.45. The maximum atomic E-state index is 11.9. The van der Waals surface area contributed by atoms with E-state index < -0.39 is 5.66 Å². The molecule has 1 aliphatic heterocycles. The quantitative estimate of drug-likeness (QED) is 0.718. The van der Waals surface area contributed by atoms with Crippen LogP contribution in [-0.2, 0) is 4.79 Å². The van der Waals surface area contributed by atoms with Crippen LogP contribution in [0.1, 0.15) is 13.8 Å². The number of rotatable bonds is 3. The Morgan fingerprint density at radius 2 is 2.11 bits per heavy atom. The largest absolute Gasteiger partial charge is 0.347 e. The van der Waals surface area contributed by atoms with Crippen molar-refractivity contribution in [3.63, 3.8) is 0 Å². The topological polar surface area (TPSA) is 53.2 Å². The Kier molecular flexibility index (Phi) is 3.75. The Bertz CT molecular complexity index is 463. The highest BCUT2D eigenvalue weighted by molar-refractivity contribution is 7.80. The van der Waals surface area contributed by atoms with E-state index in [2.05, 4.69) is 16.0 Å². The number of thiocarbonyl (C=S) groups is 1. The van der Waals surface area contributed by atoms with Crippen LogP contribution in [0.2, 0.25) is 0 Å². The standard InChI is InChI=1S/C13H17N3OS/c1-9-8-14-13(16-9,10(2)17)12(18)15-11-6-4-3-5-7-11/h3-7,9,14,16H,8H2,1-2H3,(H,15,18). The summed E-state index contributed by atoms with van der Waals surface area (Å²) >= 11 is 5.38. The number of anilines is 1. The smallest absolute Gasteiger partial charge is 0.181 e. The van der Waals surface area contributed by atoms with Crippen molar-refractivity contribution in [2.45, 2.75) is 25.6 Å². The first-order valence-electron chi connectivity index (χ1n) is 5.95. The van der Waals surface area contributed by atoms with Crippen LogP contribution in [0.3, 0.4) is 0 Å². The number of carbonyl (C=O) groups is 1. The Morgan fingerprint density at radius 1 is 1.44 bits per heavy atom. The third-order valence-corrected chi connectivity index (χ3v) is 3.44. The first-order valence-corrected chi connectivity index (χ1v) is 6.36. The molecule has 1 aromatic rings. The average molecular weight is 263 g/mol. The number of nitrogens with one attached hydrogen (secondary N) is 3. The Morgan fingerprint density at radius 3 is 2.61 bits per heavy atom. The van der Waals surface area contributed by atoms with Crippen LogP contribution < -0.4 is 16.0 Å². The minimum Gasteiger partial charge on any atom is -0.347 e. The molecule has 1 heterocycles. The van der Waals surface area contributed by atoms with Crippen molar-refractivity contribution in [2.24, 2.45) is 0 Å². The van der Waals surface area contributed by atoms with Crippen molar-refractivity contribution in [1.29, 1.82) is 0 Å². The molecule has 0 aliphatic carbocycles. The van der Waals surface area contributed by atoms with Crippen molar-refractivity contribution >= 4 is 28.7 Å². The van der Waals surface area contributed by atoms with E-state index in [1.165, 1.54) is 6.92 Å². The Hall–Kier alpha value is -1.30. The molecule has 18 heavy (non-hydrogen) atoms. The van der Waals surface area contributed by atoms with Crippen LogP contribution in [0.25, 0.3) is 0 Å². The molecule has 0 spiro atoms. The highest BCUT2D eigenvalue weighted by Crippen LogP contribution is 2.16. The van der Waals surface area contributed by atoms with Gasteiger partial charge in [-0.3, -0.25) is 15.4 Å². The van der Waals surface area contributed by atoms with E-state index in [1.807, 2.05) is 37.3 Å². The molecular formula is C13H17N3OS. The van der Waals surface area contributed by atoms with Gasteiger partial charge in [0, 0.05) is 18.3 Å². The van der Waals surface area contributed by atoms with E-state index in [0.29, 0.717) is 4.99 Å². The molecule has 1 aliphatic rings. The van der Waals surface area contributed by atoms with Gasteiger partial charge in [-0.05, 0) is 26.0 Å². The van der Waals surface area contributed by atoms with E-state index in [4.69, 9.17) is 12.2 Å². The monoisotopic (exact) mass is 263 g/mol. The second-order valence-corrected chi connectivity index (χ2v) is 4.96. The highest BCUT2D eigenvalue weighted by atomic mass is 32.1. The van der Waals surface area contributed by atoms with Crippen LogP contribution in [-0.4, -0.2) is 29.0 Å². The van der Waals surface area contributed by atoms with Gasteiger partial charge in [-0.2, -0.15) is 0 Å². The van der Waals surface area contributed by atoms with E-state index in [0.717, 1.165) is 12.2 Å². The number of carbonyl (C=O) groups excluding carboxylic acids is 1. The zero-order chi connectivity index (χ0) is 13.2. The van der Waals surface area contributed by atoms with Crippen LogP contribution in [0.15, 0.2) is 30.3 Å². The molecule has 5 heteroatoms. The highest BCUT2D eigenvalue weighted by Gasteiger charge is 2.44. The second-order valence-electron chi connectivity index (χ2n) is 4.55. The third-order valence-electron chi connectivity index (χ3n) is 3.04. The summed E-state index contributed by atoms with van der Waals surface area (Å²) in [6.07, 6.45) is 0. The molecule has 0 aromatic heterocycles. The summed E-state index contributed by atoms with van der Waals surface area (Å²) < 4.78 is 0. The fourth-order valence-electron chi connectivity index (χ4n) is 2.06. The summed E-state index contributed by atoms with van der Waals surface area (Å²) in [7, 11) is 0. The minimum absolute atomic E-state index is 0.0275. The van der Waals surface area contributed by atoms with Crippen LogP contribution in [0.5, 0.6) is 0 Å². The van der Waals surface area contributed by atoms with Crippen LogP contribution in [0, 0.1) is 0 Å². The van der Waals surface area contributed by atoms with Crippen molar-refractivity contribution < 1.29 is 4.79 Å². The molecule has 0 amide bonds. The molecule has 96 valence electrons. The van der Waals surface area contributed by atoms with Crippen molar-refractivity contribution in [3.05, 3.63) is 30.3 Å². The van der Waals surface area contributed by atoms with Gasteiger partial charge in [-0.1, -0.05) is 30.4 Å². The number of hydrogen-bond acceptors (Lipinski definition) is 4. The summed E-state index contributed by atoms with van der Waals surface area (Å²) in [4.78, 5) is 12.4. The SMILES string of the molecule is CC(=O)C1(C(=S)Nc2ccccc2)NCC(C)N1. The summed E-state index contributed by atoms with van der Waals surface area (Å²) in [6, 6.07) is 9.82. The zero-order valence-corrected chi connectivity index (χ0v) is 11.3. The maximum absolute atomic E-state index is 11.9. The Balaban J connectivity index is 2.18. The van der Waals surface area contributed by atoms with Gasteiger partial charge in [-0.15, -0.1) is 0 Å². The van der Waals surface area contributed by atoms with E-state index in [-0.39, 0.29) is 11.8 Å². The zero-order valence-electron chi connectivity index (χ0n) is 10.5. The lowest BCUT2D eigenvalue weighted by Crippen LogP contribution is -2.63. The molecule has 2 unspecified atom stereocenters. The molecule has 4 nitrogen and oxygen atoms in total. The molecule has 3 N–H and O–H groups in total. The average Bonchev–Trinajstić information content (AvgIpc) is 2.74. The minimum atomic E-state index is -0.940. The van der Waals surface area contributed by atoms with Gasteiger partial charge in [0.25, 0.3) is 0 Å². The van der Waals surface area contributed by atoms with Gasteiger partial charge in [0.05, 0.1) is 0 Å². The molecular weight excluding hydrogens is 246 g/mol. The lowest BCUT2D eigenvalue weighted by molar-refractivity contribution is -0.121. The number of Topliss-reactive ketones (excluding diaryl/α,β-unsaturated/α-hetero) is 1. The number of ketones is 1. The van der Waals surface area contributed by atoms with E-state index >= 15 is 0 Å². The van der Waals surface area contributed by atoms with Crippen LogP contribution >= 0.6 is 12.2 Å². The lowest BCUT2D eigenvalue weighted by atomic mass is 10.1. The summed E-state index contributed by atoms with van der Waals surface area (Å²) in [6.45, 7) is 4.27. The Labute approximate surface area is 112 Å². The number of para-hydroxylation sites is 1. The van der Waals surface area contributed by atoms with E-state index in [9.17, 15) is 4.79 Å².